The Bertz CT molecular complexity index is 389. The third-order valence-corrected chi connectivity index (χ3v) is 4.86. The van der Waals surface area contributed by atoms with Crippen LogP contribution >= 0.6 is 0 Å². The lowest BCUT2D eigenvalue weighted by molar-refractivity contribution is 0.235. The second-order valence-corrected chi connectivity index (χ2v) is 6.12. The van der Waals surface area contributed by atoms with Crippen molar-refractivity contribution in [1.82, 2.24) is 19.8 Å². The molecule has 19 heavy (non-hydrogen) atoms. The lowest BCUT2D eigenvalue weighted by Gasteiger charge is -2.24. The first-order chi connectivity index (χ1) is 9.34. The molecule has 106 valence electrons. The van der Waals surface area contributed by atoms with E-state index in [0.29, 0.717) is 5.92 Å². The maximum Gasteiger partial charge on any atom is 0.0948 e. The number of likely N-dealkylation sites (N-methyl/N-ethyl adjacent to an activating group) is 1. The SMILES string of the molecule is CN(CCn1cncc1C1CCNC1)C1CCCC1. The highest BCUT2D eigenvalue weighted by molar-refractivity contribution is 5.09. The molecular weight excluding hydrogens is 236 g/mol. The smallest absolute Gasteiger partial charge is 0.0948 e. The highest BCUT2D eigenvalue weighted by Crippen LogP contribution is 2.24. The van der Waals surface area contributed by atoms with E-state index in [9.17, 15) is 0 Å². The lowest BCUT2D eigenvalue weighted by Crippen LogP contribution is -2.32. The van der Waals surface area contributed by atoms with Crippen LogP contribution in [0.15, 0.2) is 12.5 Å². The molecule has 1 aromatic rings. The molecule has 1 N–H and O–H groups in total. The van der Waals surface area contributed by atoms with Crippen LogP contribution in [-0.4, -0.2) is 47.2 Å². The molecule has 0 radical (unpaired) electrons. The molecule has 1 unspecified atom stereocenters. The van der Waals surface area contributed by atoms with Crippen LogP contribution < -0.4 is 5.32 Å². The van der Waals surface area contributed by atoms with Crippen LogP contribution in [0.2, 0.25) is 0 Å². The molecule has 2 heterocycles. The van der Waals surface area contributed by atoms with E-state index in [2.05, 4.69) is 33.0 Å². The molecule has 1 atom stereocenters. The molecule has 2 fully saturated rings. The highest BCUT2D eigenvalue weighted by Gasteiger charge is 2.22. The number of imidazole rings is 1. The van der Waals surface area contributed by atoms with Crippen LogP contribution in [-0.2, 0) is 6.54 Å². The Kier molecular flexibility index (Phi) is 4.18. The number of nitrogens with zero attached hydrogens (tertiary/aromatic N) is 3. The summed E-state index contributed by atoms with van der Waals surface area (Å²) in [6.07, 6.45) is 10.9. The fourth-order valence-electron chi connectivity index (χ4n) is 3.56. The van der Waals surface area contributed by atoms with Gasteiger partial charge in [0, 0.05) is 43.5 Å². The van der Waals surface area contributed by atoms with E-state index in [1.54, 1.807) is 0 Å². The fourth-order valence-corrected chi connectivity index (χ4v) is 3.56. The lowest BCUT2D eigenvalue weighted by atomic mass is 10.1. The molecule has 4 nitrogen and oxygen atoms in total. The molecule has 0 bridgehead atoms. The van der Waals surface area contributed by atoms with Crippen LogP contribution in [0.5, 0.6) is 0 Å². The standard InChI is InChI=1S/C15H26N4/c1-18(14-4-2-3-5-14)8-9-19-12-17-11-15(19)13-6-7-16-10-13/h11-14,16H,2-10H2,1H3. The third-order valence-electron chi connectivity index (χ3n) is 4.86. The van der Waals surface area contributed by atoms with Crippen molar-refractivity contribution in [3.63, 3.8) is 0 Å². The minimum atomic E-state index is 0.666. The molecule has 1 saturated heterocycles. The van der Waals surface area contributed by atoms with E-state index >= 15 is 0 Å². The maximum atomic E-state index is 4.36. The Morgan fingerprint density at radius 2 is 2.21 bits per heavy atom. The predicted octanol–water partition coefficient (Wildman–Crippen LogP) is 1.83. The number of hydrogen-bond acceptors (Lipinski definition) is 3. The summed E-state index contributed by atoms with van der Waals surface area (Å²) >= 11 is 0. The van der Waals surface area contributed by atoms with Gasteiger partial charge in [0.15, 0.2) is 0 Å². The Morgan fingerprint density at radius 3 is 2.95 bits per heavy atom. The van der Waals surface area contributed by atoms with Crippen molar-refractivity contribution in [2.24, 2.45) is 0 Å². The van der Waals surface area contributed by atoms with Crippen LogP contribution in [0.4, 0.5) is 0 Å². The monoisotopic (exact) mass is 262 g/mol. The average Bonchev–Trinajstić information content (AvgIpc) is 3.14. The fraction of sp³-hybridized carbons (Fsp3) is 0.800. The zero-order valence-electron chi connectivity index (χ0n) is 12.0. The summed E-state index contributed by atoms with van der Waals surface area (Å²) in [6, 6.07) is 0.820. The van der Waals surface area contributed by atoms with E-state index in [1.807, 2.05) is 6.33 Å². The van der Waals surface area contributed by atoms with Crippen LogP contribution in [0.3, 0.4) is 0 Å². The van der Waals surface area contributed by atoms with Gasteiger partial charge in [-0.15, -0.1) is 0 Å². The van der Waals surface area contributed by atoms with Crippen molar-refractivity contribution < 1.29 is 0 Å². The minimum absolute atomic E-state index is 0.666. The van der Waals surface area contributed by atoms with E-state index in [1.165, 1.54) is 37.8 Å². The van der Waals surface area contributed by atoms with Gasteiger partial charge in [0.2, 0.25) is 0 Å². The Morgan fingerprint density at radius 1 is 1.37 bits per heavy atom. The predicted molar refractivity (Wildman–Crippen MR) is 77.3 cm³/mol. The molecule has 0 spiro atoms. The number of nitrogens with one attached hydrogen (secondary N) is 1. The highest BCUT2D eigenvalue weighted by atomic mass is 15.2. The van der Waals surface area contributed by atoms with E-state index in [-0.39, 0.29) is 0 Å². The van der Waals surface area contributed by atoms with Gasteiger partial charge in [-0.3, -0.25) is 0 Å². The normalized spacial score (nSPS) is 24.6. The number of hydrogen-bond donors (Lipinski definition) is 1. The first-order valence-corrected chi connectivity index (χ1v) is 7.75. The van der Waals surface area contributed by atoms with Crippen LogP contribution in [0, 0.1) is 0 Å². The second kappa shape index (κ2) is 6.06. The quantitative estimate of drug-likeness (QED) is 0.879. The summed E-state index contributed by atoms with van der Waals surface area (Å²) in [7, 11) is 2.28. The molecule has 3 rings (SSSR count). The summed E-state index contributed by atoms with van der Waals surface area (Å²) in [6.45, 7) is 4.50. The van der Waals surface area contributed by atoms with Crippen LogP contribution in [0.25, 0.3) is 0 Å². The average molecular weight is 262 g/mol. The summed E-state index contributed by atoms with van der Waals surface area (Å²) < 4.78 is 2.36. The number of rotatable bonds is 5. The summed E-state index contributed by atoms with van der Waals surface area (Å²) in [5, 5.41) is 3.45. The molecule has 1 saturated carbocycles. The van der Waals surface area contributed by atoms with Gasteiger partial charge < -0.3 is 14.8 Å². The zero-order chi connectivity index (χ0) is 13.1. The van der Waals surface area contributed by atoms with E-state index in [4.69, 9.17) is 0 Å². The first kappa shape index (κ1) is 13.1. The van der Waals surface area contributed by atoms with E-state index in [0.717, 1.165) is 32.2 Å². The van der Waals surface area contributed by atoms with E-state index < -0.39 is 0 Å². The number of aromatic nitrogens is 2. The van der Waals surface area contributed by atoms with Gasteiger partial charge in [-0.1, -0.05) is 12.8 Å². The molecule has 0 aromatic carbocycles. The van der Waals surface area contributed by atoms with Crippen molar-refractivity contribution >= 4 is 0 Å². The molecule has 1 aliphatic carbocycles. The van der Waals surface area contributed by atoms with Crippen molar-refractivity contribution in [3.8, 4) is 0 Å². The van der Waals surface area contributed by atoms with Gasteiger partial charge in [-0.05, 0) is 32.9 Å². The molecular formula is C15H26N4. The third kappa shape index (κ3) is 3.00. The molecule has 4 heteroatoms. The molecule has 1 aromatic heterocycles. The van der Waals surface area contributed by atoms with Crippen molar-refractivity contribution in [2.45, 2.75) is 50.6 Å². The first-order valence-electron chi connectivity index (χ1n) is 7.75. The Hall–Kier alpha value is -0.870. The van der Waals surface area contributed by atoms with Gasteiger partial charge in [0.05, 0.1) is 6.33 Å². The second-order valence-electron chi connectivity index (χ2n) is 6.12. The molecule has 0 amide bonds. The Balaban J connectivity index is 1.56. The van der Waals surface area contributed by atoms with Gasteiger partial charge >= 0.3 is 0 Å². The van der Waals surface area contributed by atoms with Gasteiger partial charge in [0.1, 0.15) is 0 Å². The molecule has 1 aliphatic heterocycles. The van der Waals surface area contributed by atoms with Crippen molar-refractivity contribution in [1.29, 1.82) is 0 Å². The van der Waals surface area contributed by atoms with Gasteiger partial charge in [-0.2, -0.15) is 0 Å². The summed E-state index contributed by atoms with van der Waals surface area (Å²) in [5.41, 5.74) is 1.42. The van der Waals surface area contributed by atoms with Crippen molar-refractivity contribution in [3.05, 3.63) is 18.2 Å². The topological polar surface area (TPSA) is 33.1 Å². The zero-order valence-corrected chi connectivity index (χ0v) is 12.0. The minimum Gasteiger partial charge on any atom is -0.333 e. The van der Waals surface area contributed by atoms with Gasteiger partial charge in [0.25, 0.3) is 0 Å². The summed E-state index contributed by atoms with van der Waals surface area (Å²) in [4.78, 5) is 6.90. The Labute approximate surface area is 116 Å². The van der Waals surface area contributed by atoms with Crippen LogP contribution in [0.1, 0.15) is 43.7 Å². The van der Waals surface area contributed by atoms with Gasteiger partial charge in [-0.25, -0.2) is 4.98 Å². The largest absolute Gasteiger partial charge is 0.333 e. The summed E-state index contributed by atoms with van der Waals surface area (Å²) in [5.74, 6) is 0.666. The maximum absolute atomic E-state index is 4.36. The molecule has 2 aliphatic rings. The van der Waals surface area contributed by atoms with Crippen molar-refractivity contribution in [2.75, 3.05) is 26.7 Å².